The van der Waals surface area contributed by atoms with Gasteiger partial charge in [-0.3, -0.25) is 4.79 Å². The number of aromatic nitrogens is 1. The zero-order valence-electron chi connectivity index (χ0n) is 17.5. The minimum absolute atomic E-state index is 0.0115. The molecule has 3 aromatic rings. The molecule has 2 N–H and O–H groups in total. The summed E-state index contributed by atoms with van der Waals surface area (Å²) in [5.41, 5.74) is 4.07. The number of aryl methyl sites for hydroxylation is 2. The van der Waals surface area contributed by atoms with Crippen LogP contribution in [0.5, 0.6) is 0 Å². The highest BCUT2D eigenvalue weighted by Crippen LogP contribution is 2.27. The molecule has 162 valence electrons. The average molecular weight is 468 g/mol. The topological polar surface area (TPSA) is 95.1 Å². The van der Waals surface area contributed by atoms with E-state index in [-0.39, 0.29) is 16.2 Å². The van der Waals surface area contributed by atoms with Crippen molar-refractivity contribution in [2.45, 2.75) is 20.8 Å². The van der Waals surface area contributed by atoms with Gasteiger partial charge in [0.1, 0.15) is 11.6 Å². The zero-order chi connectivity index (χ0) is 23.6. The number of amides is 1. The highest BCUT2D eigenvalue weighted by Gasteiger charge is 2.16. The van der Waals surface area contributed by atoms with Crippen molar-refractivity contribution in [3.63, 3.8) is 0 Å². The van der Waals surface area contributed by atoms with E-state index in [4.69, 9.17) is 23.2 Å². The normalized spacial score (nSPS) is 11.2. The molecular formula is C24H19Cl2N3O3. The van der Waals surface area contributed by atoms with Crippen LogP contribution < -0.4 is 5.32 Å². The molecule has 6 nitrogen and oxygen atoms in total. The molecule has 3 rings (SSSR count). The van der Waals surface area contributed by atoms with E-state index in [0.29, 0.717) is 22.0 Å². The Labute approximate surface area is 195 Å². The summed E-state index contributed by atoms with van der Waals surface area (Å²) in [5, 5.41) is 22.2. The maximum absolute atomic E-state index is 12.6. The number of nitriles is 1. The highest BCUT2D eigenvalue weighted by molar-refractivity contribution is 6.33. The van der Waals surface area contributed by atoms with Crippen molar-refractivity contribution in [3.05, 3.63) is 86.2 Å². The highest BCUT2D eigenvalue weighted by atomic mass is 35.5. The molecule has 1 heterocycles. The van der Waals surface area contributed by atoms with Crippen molar-refractivity contribution in [2.24, 2.45) is 0 Å². The lowest BCUT2D eigenvalue weighted by molar-refractivity contribution is -0.112. The van der Waals surface area contributed by atoms with Crippen LogP contribution in [-0.4, -0.2) is 21.6 Å². The molecule has 0 saturated carbocycles. The average Bonchev–Trinajstić information content (AvgIpc) is 3.02. The third kappa shape index (κ3) is 4.70. The fourth-order valence-corrected chi connectivity index (χ4v) is 3.70. The molecule has 32 heavy (non-hydrogen) atoms. The lowest BCUT2D eigenvalue weighted by Crippen LogP contribution is -2.13. The molecule has 0 radical (unpaired) electrons. The van der Waals surface area contributed by atoms with Gasteiger partial charge in [0.05, 0.1) is 10.6 Å². The number of carboxylic acids is 1. The number of hydrogen-bond acceptors (Lipinski definition) is 3. The number of nitrogens with zero attached hydrogens (tertiary/aromatic N) is 2. The predicted molar refractivity (Wildman–Crippen MR) is 126 cm³/mol. The Hall–Kier alpha value is -3.53. The van der Waals surface area contributed by atoms with Gasteiger partial charge in [0, 0.05) is 27.8 Å². The maximum Gasteiger partial charge on any atom is 0.337 e. The number of carbonyl (C=O) groups excluding carboxylic acids is 1. The fraction of sp³-hybridized carbons (Fsp3) is 0.125. The molecule has 0 atom stereocenters. The van der Waals surface area contributed by atoms with Gasteiger partial charge in [-0.2, -0.15) is 5.26 Å². The van der Waals surface area contributed by atoms with Crippen molar-refractivity contribution in [1.29, 1.82) is 5.26 Å². The Balaban J connectivity index is 1.97. The smallest absolute Gasteiger partial charge is 0.337 e. The molecule has 1 amide bonds. The molecule has 0 aliphatic heterocycles. The number of nitrogens with one attached hydrogen (secondary N) is 1. The first-order chi connectivity index (χ1) is 15.1. The van der Waals surface area contributed by atoms with Crippen LogP contribution in [0, 0.1) is 32.1 Å². The van der Waals surface area contributed by atoms with Crippen LogP contribution in [0.15, 0.2) is 48.0 Å². The van der Waals surface area contributed by atoms with Crippen molar-refractivity contribution in [2.75, 3.05) is 5.32 Å². The first kappa shape index (κ1) is 23.1. The van der Waals surface area contributed by atoms with Crippen molar-refractivity contribution >= 4 is 46.8 Å². The first-order valence-corrected chi connectivity index (χ1v) is 10.3. The van der Waals surface area contributed by atoms with Crippen LogP contribution in [0.3, 0.4) is 0 Å². The quantitative estimate of drug-likeness (QED) is 0.357. The summed E-state index contributed by atoms with van der Waals surface area (Å²) in [4.78, 5) is 24.1. The van der Waals surface area contributed by atoms with Gasteiger partial charge in [0.15, 0.2) is 0 Å². The predicted octanol–water partition coefficient (Wildman–Crippen LogP) is 5.95. The van der Waals surface area contributed by atoms with E-state index >= 15 is 0 Å². The van der Waals surface area contributed by atoms with E-state index in [1.165, 1.54) is 18.2 Å². The summed E-state index contributed by atoms with van der Waals surface area (Å²) in [7, 11) is 0. The summed E-state index contributed by atoms with van der Waals surface area (Å²) in [6, 6.07) is 13.6. The summed E-state index contributed by atoms with van der Waals surface area (Å²) in [5.74, 6) is -1.68. The second kappa shape index (κ2) is 9.31. The van der Waals surface area contributed by atoms with E-state index in [1.807, 2.05) is 37.5 Å². The van der Waals surface area contributed by atoms with Crippen LogP contribution in [0.2, 0.25) is 10.0 Å². The molecule has 8 heteroatoms. The van der Waals surface area contributed by atoms with E-state index in [0.717, 1.165) is 17.0 Å². The van der Waals surface area contributed by atoms with Crippen LogP contribution >= 0.6 is 23.2 Å². The second-order valence-electron chi connectivity index (χ2n) is 7.22. The van der Waals surface area contributed by atoms with Crippen LogP contribution in [0.4, 0.5) is 5.69 Å². The molecule has 0 spiro atoms. The second-order valence-corrected chi connectivity index (χ2v) is 8.03. The van der Waals surface area contributed by atoms with Gasteiger partial charge in [0.25, 0.3) is 5.91 Å². The van der Waals surface area contributed by atoms with Crippen molar-refractivity contribution in [1.82, 2.24) is 4.57 Å². The van der Waals surface area contributed by atoms with Gasteiger partial charge >= 0.3 is 5.97 Å². The van der Waals surface area contributed by atoms with Gasteiger partial charge in [-0.05, 0) is 74.4 Å². The van der Waals surface area contributed by atoms with E-state index in [1.54, 1.807) is 24.3 Å². The molecule has 2 aromatic carbocycles. The molecule has 1 aromatic heterocycles. The molecule has 0 bridgehead atoms. The Bertz CT molecular complexity index is 1320. The largest absolute Gasteiger partial charge is 0.478 e. The monoisotopic (exact) mass is 467 g/mol. The van der Waals surface area contributed by atoms with Crippen LogP contribution in [-0.2, 0) is 4.79 Å². The molecule has 0 saturated heterocycles. The van der Waals surface area contributed by atoms with Crippen LogP contribution in [0.1, 0.15) is 32.9 Å². The van der Waals surface area contributed by atoms with E-state index in [2.05, 4.69) is 5.32 Å². The van der Waals surface area contributed by atoms with Gasteiger partial charge in [0.2, 0.25) is 0 Å². The third-order valence-electron chi connectivity index (χ3n) is 5.00. The number of benzene rings is 2. The third-order valence-corrected chi connectivity index (χ3v) is 5.74. The zero-order valence-corrected chi connectivity index (χ0v) is 19.0. The summed E-state index contributed by atoms with van der Waals surface area (Å²) in [6.07, 6.45) is 1.50. The van der Waals surface area contributed by atoms with Crippen molar-refractivity contribution < 1.29 is 14.7 Å². The van der Waals surface area contributed by atoms with E-state index < -0.39 is 11.9 Å². The van der Waals surface area contributed by atoms with Gasteiger partial charge in [-0.25, -0.2) is 4.79 Å². The standard InChI is InChI=1S/C24H19Cl2N3O3/c1-13-4-5-18(10-22(13)26)28-23(30)17(12-27)9-16-8-14(2)29(15(16)3)19-6-7-21(25)20(11-19)24(31)32/h4-11H,1-3H3,(H,28,30)(H,31,32)/b17-9-. The van der Waals surface area contributed by atoms with Gasteiger partial charge in [-0.15, -0.1) is 0 Å². The Morgan fingerprint density at radius 2 is 1.78 bits per heavy atom. The van der Waals surface area contributed by atoms with Gasteiger partial charge in [-0.1, -0.05) is 29.3 Å². The number of carboxylic acid groups (broad SMARTS) is 1. The summed E-state index contributed by atoms with van der Waals surface area (Å²) in [6.45, 7) is 5.52. The number of halogens is 2. The number of rotatable bonds is 5. The minimum Gasteiger partial charge on any atom is -0.478 e. The Morgan fingerprint density at radius 1 is 1.06 bits per heavy atom. The molecule has 0 fully saturated rings. The molecular weight excluding hydrogens is 449 g/mol. The number of carbonyl (C=O) groups is 2. The Kier molecular flexibility index (Phi) is 6.73. The SMILES string of the molecule is Cc1ccc(NC(=O)/C(C#N)=C\c2cc(C)n(-c3ccc(Cl)c(C(=O)O)c3)c2C)cc1Cl. The number of anilines is 1. The summed E-state index contributed by atoms with van der Waals surface area (Å²) >= 11 is 12.1. The van der Waals surface area contributed by atoms with Crippen molar-refractivity contribution in [3.8, 4) is 11.8 Å². The number of aromatic carboxylic acids is 1. The maximum atomic E-state index is 12.6. The lowest BCUT2D eigenvalue weighted by atomic mass is 10.1. The molecule has 0 aliphatic carbocycles. The Morgan fingerprint density at radius 3 is 2.41 bits per heavy atom. The van der Waals surface area contributed by atoms with E-state index in [9.17, 15) is 20.0 Å². The lowest BCUT2D eigenvalue weighted by Gasteiger charge is -2.11. The molecule has 0 unspecified atom stereocenters. The number of hydrogen-bond donors (Lipinski definition) is 2. The first-order valence-electron chi connectivity index (χ1n) is 9.54. The minimum atomic E-state index is -1.13. The summed E-state index contributed by atoms with van der Waals surface area (Å²) < 4.78 is 1.83. The van der Waals surface area contributed by atoms with Crippen LogP contribution in [0.25, 0.3) is 11.8 Å². The fourth-order valence-electron chi connectivity index (χ4n) is 3.32. The molecule has 0 aliphatic rings. The van der Waals surface area contributed by atoms with Gasteiger partial charge < -0.3 is 15.0 Å².